The van der Waals surface area contributed by atoms with Gasteiger partial charge in [-0.2, -0.15) is 5.10 Å². The van der Waals surface area contributed by atoms with Crippen LogP contribution >= 0.6 is 0 Å². The van der Waals surface area contributed by atoms with Crippen LogP contribution in [0, 0.1) is 0 Å². The molecule has 8 heteroatoms. The molecule has 2 rings (SSSR count). The van der Waals surface area contributed by atoms with E-state index in [1.165, 1.54) is 51.7 Å². The SMILES string of the molecule is COc1cc(C(=O)N/N=C(/C)c2cc(O)ccc2O)cc(OC)c1OC. The van der Waals surface area contributed by atoms with E-state index in [0.717, 1.165) is 0 Å². The number of carbonyl (C=O) groups excluding carboxylic acids is 1. The van der Waals surface area contributed by atoms with Crippen molar-refractivity contribution in [3.8, 4) is 28.7 Å². The third-order valence-corrected chi connectivity index (χ3v) is 3.62. The topological polar surface area (TPSA) is 110 Å². The summed E-state index contributed by atoms with van der Waals surface area (Å²) in [7, 11) is 4.37. The van der Waals surface area contributed by atoms with Crippen molar-refractivity contribution in [2.24, 2.45) is 5.10 Å². The van der Waals surface area contributed by atoms with Crippen molar-refractivity contribution in [1.82, 2.24) is 5.43 Å². The second-order valence-electron chi connectivity index (χ2n) is 5.25. The average molecular weight is 360 g/mol. The Hall–Kier alpha value is -3.42. The zero-order valence-corrected chi connectivity index (χ0v) is 14.9. The van der Waals surface area contributed by atoms with E-state index >= 15 is 0 Å². The predicted molar refractivity (Wildman–Crippen MR) is 95.5 cm³/mol. The normalized spacial score (nSPS) is 11.0. The lowest BCUT2D eigenvalue weighted by molar-refractivity contribution is 0.0954. The summed E-state index contributed by atoms with van der Waals surface area (Å²) in [6, 6.07) is 7.02. The number of hydrazone groups is 1. The van der Waals surface area contributed by atoms with Crippen LogP contribution in [0.3, 0.4) is 0 Å². The molecule has 1 amide bonds. The molecule has 0 aliphatic carbocycles. The number of hydrogen-bond acceptors (Lipinski definition) is 7. The Kier molecular flexibility index (Phi) is 5.90. The van der Waals surface area contributed by atoms with Gasteiger partial charge in [0.1, 0.15) is 11.5 Å². The van der Waals surface area contributed by atoms with Crippen molar-refractivity contribution < 1.29 is 29.2 Å². The van der Waals surface area contributed by atoms with E-state index in [2.05, 4.69) is 10.5 Å². The van der Waals surface area contributed by atoms with Crippen LogP contribution in [0.1, 0.15) is 22.8 Å². The van der Waals surface area contributed by atoms with Gasteiger partial charge in [0.05, 0.1) is 27.0 Å². The van der Waals surface area contributed by atoms with Gasteiger partial charge < -0.3 is 24.4 Å². The fraction of sp³-hybridized carbons (Fsp3) is 0.222. The van der Waals surface area contributed by atoms with E-state index in [1.807, 2.05) is 0 Å². The number of phenolic OH excluding ortho intramolecular Hbond substituents is 2. The molecule has 0 radical (unpaired) electrons. The summed E-state index contributed by atoms with van der Waals surface area (Å²) in [5.41, 5.74) is 3.25. The highest BCUT2D eigenvalue weighted by Gasteiger charge is 2.17. The monoisotopic (exact) mass is 360 g/mol. The Balaban J connectivity index is 2.28. The molecule has 8 nitrogen and oxygen atoms in total. The minimum absolute atomic E-state index is 0.0247. The molecule has 2 aromatic rings. The summed E-state index contributed by atoms with van der Waals surface area (Å²) in [5, 5.41) is 23.3. The van der Waals surface area contributed by atoms with Gasteiger partial charge >= 0.3 is 0 Å². The van der Waals surface area contributed by atoms with Gasteiger partial charge in [-0.3, -0.25) is 4.79 Å². The molecule has 2 aromatic carbocycles. The zero-order valence-electron chi connectivity index (χ0n) is 14.9. The number of rotatable bonds is 6. The van der Waals surface area contributed by atoms with Crippen molar-refractivity contribution in [2.75, 3.05) is 21.3 Å². The quantitative estimate of drug-likeness (QED) is 0.414. The van der Waals surface area contributed by atoms with Crippen LogP contribution in [-0.2, 0) is 0 Å². The van der Waals surface area contributed by atoms with Gasteiger partial charge in [-0.1, -0.05) is 0 Å². The van der Waals surface area contributed by atoms with Gasteiger partial charge in [0.2, 0.25) is 5.75 Å². The highest BCUT2D eigenvalue weighted by Crippen LogP contribution is 2.38. The first-order valence-corrected chi connectivity index (χ1v) is 7.58. The molecule has 0 saturated heterocycles. The van der Waals surface area contributed by atoms with Crippen molar-refractivity contribution in [3.63, 3.8) is 0 Å². The second kappa shape index (κ2) is 8.11. The molecule has 0 bridgehead atoms. The van der Waals surface area contributed by atoms with Crippen LogP contribution in [0.4, 0.5) is 0 Å². The van der Waals surface area contributed by atoms with Crippen LogP contribution in [0.15, 0.2) is 35.4 Å². The maximum absolute atomic E-state index is 12.4. The van der Waals surface area contributed by atoms with E-state index in [9.17, 15) is 15.0 Å². The smallest absolute Gasteiger partial charge is 0.271 e. The molecule has 26 heavy (non-hydrogen) atoms. The summed E-state index contributed by atoms with van der Waals surface area (Å²) in [5.74, 6) is 0.445. The van der Waals surface area contributed by atoms with Crippen LogP contribution in [0.2, 0.25) is 0 Å². The molecule has 0 aromatic heterocycles. The number of ether oxygens (including phenoxy) is 3. The van der Waals surface area contributed by atoms with Gasteiger partial charge in [-0.05, 0) is 37.3 Å². The first kappa shape index (κ1) is 18.9. The molecule has 3 N–H and O–H groups in total. The minimum Gasteiger partial charge on any atom is -0.508 e. The fourth-order valence-electron chi connectivity index (χ4n) is 2.29. The largest absolute Gasteiger partial charge is 0.508 e. The molecule has 138 valence electrons. The maximum atomic E-state index is 12.4. The molecule has 0 aliphatic rings. The summed E-state index contributed by atoms with van der Waals surface area (Å²) in [4.78, 5) is 12.4. The van der Waals surface area contributed by atoms with Crippen LogP contribution in [0.25, 0.3) is 0 Å². The Morgan fingerprint density at radius 2 is 1.62 bits per heavy atom. The summed E-state index contributed by atoms with van der Waals surface area (Å²) in [6.07, 6.45) is 0. The third kappa shape index (κ3) is 3.97. The summed E-state index contributed by atoms with van der Waals surface area (Å²) >= 11 is 0. The van der Waals surface area contributed by atoms with Gasteiger partial charge in [0.15, 0.2) is 11.5 Å². The number of amides is 1. The van der Waals surface area contributed by atoms with Crippen molar-refractivity contribution >= 4 is 11.6 Å². The predicted octanol–water partition coefficient (Wildman–Crippen LogP) is 2.28. The van der Waals surface area contributed by atoms with E-state index < -0.39 is 5.91 Å². The lowest BCUT2D eigenvalue weighted by Crippen LogP contribution is -2.19. The minimum atomic E-state index is -0.511. The molecule has 0 fully saturated rings. The molecule has 0 heterocycles. The average Bonchev–Trinajstić information content (AvgIpc) is 2.66. The molecule has 0 aliphatic heterocycles. The highest BCUT2D eigenvalue weighted by atomic mass is 16.5. The molecule has 0 saturated carbocycles. The highest BCUT2D eigenvalue weighted by molar-refractivity contribution is 6.03. The fourth-order valence-corrected chi connectivity index (χ4v) is 2.29. The molecule has 0 spiro atoms. The number of nitrogens with one attached hydrogen (secondary N) is 1. The van der Waals surface area contributed by atoms with Crippen molar-refractivity contribution in [2.45, 2.75) is 6.92 Å². The molecular weight excluding hydrogens is 340 g/mol. The maximum Gasteiger partial charge on any atom is 0.271 e. The second-order valence-corrected chi connectivity index (χ2v) is 5.25. The van der Waals surface area contributed by atoms with Crippen molar-refractivity contribution in [3.05, 3.63) is 41.5 Å². The summed E-state index contributed by atoms with van der Waals surface area (Å²) < 4.78 is 15.6. The van der Waals surface area contributed by atoms with E-state index in [-0.39, 0.29) is 17.1 Å². The Morgan fingerprint density at radius 3 is 2.15 bits per heavy atom. The molecular formula is C18H20N2O6. The van der Waals surface area contributed by atoms with Gasteiger partial charge in [0, 0.05) is 11.1 Å². The number of methoxy groups -OCH3 is 3. The Morgan fingerprint density at radius 1 is 1.00 bits per heavy atom. The van der Waals surface area contributed by atoms with E-state index in [4.69, 9.17) is 14.2 Å². The van der Waals surface area contributed by atoms with Gasteiger partial charge in [-0.25, -0.2) is 5.43 Å². The zero-order chi connectivity index (χ0) is 19.3. The first-order valence-electron chi connectivity index (χ1n) is 7.58. The Labute approximate surface area is 150 Å². The number of aromatic hydroxyl groups is 2. The third-order valence-electron chi connectivity index (χ3n) is 3.62. The van der Waals surface area contributed by atoms with E-state index in [0.29, 0.717) is 28.5 Å². The van der Waals surface area contributed by atoms with Gasteiger partial charge in [-0.15, -0.1) is 0 Å². The van der Waals surface area contributed by atoms with Crippen LogP contribution in [0.5, 0.6) is 28.7 Å². The first-order chi connectivity index (χ1) is 12.4. The number of carbonyl (C=O) groups is 1. The van der Waals surface area contributed by atoms with Crippen molar-refractivity contribution in [1.29, 1.82) is 0 Å². The van der Waals surface area contributed by atoms with Crippen LogP contribution < -0.4 is 19.6 Å². The summed E-state index contributed by atoms with van der Waals surface area (Å²) in [6.45, 7) is 1.59. The lowest BCUT2D eigenvalue weighted by atomic mass is 10.1. The number of nitrogens with zero attached hydrogens (tertiary/aromatic N) is 1. The Bertz CT molecular complexity index is 823. The number of benzene rings is 2. The standard InChI is InChI=1S/C18H20N2O6/c1-10(13-9-12(21)5-6-14(13)22)19-20-18(23)11-7-15(24-2)17(26-4)16(8-11)25-3/h5-9,21-22H,1-4H3,(H,20,23)/b19-10-. The van der Waals surface area contributed by atoms with Gasteiger partial charge in [0.25, 0.3) is 5.91 Å². The molecule has 0 atom stereocenters. The number of phenols is 2. The van der Waals surface area contributed by atoms with Crippen LogP contribution in [-0.4, -0.2) is 43.2 Å². The lowest BCUT2D eigenvalue weighted by Gasteiger charge is -2.13. The molecule has 0 unspecified atom stereocenters. The van der Waals surface area contributed by atoms with E-state index in [1.54, 1.807) is 6.92 Å². The number of hydrogen-bond donors (Lipinski definition) is 3.